The quantitative estimate of drug-likeness (QED) is 0.839. The molecule has 0 bridgehead atoms. The van der Waals surface area contributed by atoms with Crippen LogP contribution in [0.2, 0.25) is 0 Å². The molecule has 1 amide bonds. The summed E-state index contributed by atoms with van der Waals surface area (Å²) in [6, 6.07) is 4.41. The van der Waals surface area contributed by atoms with Crippen molar-refractivity contribution < 1.29 is 24.2 Å². The van der Waals surface area contributed by atoms with Gasteiger partial charge in [-0.25, -0.2) is 0 Å². The second kappa shape index (κ2) is 7.15. The number of hydrogen-bond acceptors (Lipinski definition) is 4. The van der Waals surface area contributed by atoms with Gasteiger partial charge in [0.1, 0.15) is 17.5 Å². The van der Waals surface area contributed by atoms with Gasteiger partial charge in [0.2, 0.25) is 0 Å². The summed E-state index contributed by atoms with van der Waals surface area (Å²) < 4.78 is 10.8. The first-order chi connectivity index (χ1) is 10.1. The molecule has 0 aliphatic heterocycles. The maximum atomic E-state index is 11.7. The molecule has 0 fully saturated rings. The molecule has 0 saturated carbocycles. The normalized spacial score (nSPS) is 12.4. The zero-order chi connectivity index (χ0) is 16.9. The molecule has 2 N–H and O–H groups in total. The fraction of sp³-hybridized carbons (Fsp3) is 0.500. The number of carboxylic acid groups (broad SMARTS) is 1. The number of methoxy groups -OCH3 is 1. The van der Waals surface area contributed by atoms with Crippen LogP contribution in [0.25, 0.3) is 0 Å². The number of amides is 1. The van der Waals surface area contributed by atoms with Gasteiger partial charge < -0.3 is 19.9 Å². The van der Waals surface area contributed by atoms with Gasteiger partial charge in [-0.15, -0.1) is 0 Å². The summed E-state index contributed by atoms with van der Waals surface area (Å²) in [5, 5.41) is 11.1. The van der Waals surface area contributed by atoms with Crippen molar-refractivity contribution in [1.29, 1.82) is 0 Å². The predicted octanol–water partition coefficient (Wildman–Crippen LogP) is 1.96. The molecule has 0 heterocycles. The van der Waals surface area contributed by atoms with Gasteiger partial charge >= 0.3 is 5.97 Å². The van der Waals surface area contributed by atoms with E-state index in [1.165, 1.54) is 6.92 Å². The van der Waals surface area contributed by atoms with Gasteiger partial charge in [-0.05, 0) is 30.5 Å². The third-order valence-electron chi connectivity index (χ3n) is 3.10. The third kappa shape index (κ3) is 4.95. The Labute approximate surface area is 130 Å². The number of carbonyl (C=O) groups excluding carboxylic acids is 1. The lowest BCUT2D eigenvalue weighted by molar-refractivity contribution is -0.141. The summed E-state index contributed by atoms with van der Waals surface area (Å²) in [5.74, 6) is -0.286. The monoisotopic (exact) mass is 309 g/mol. The van der Waals surface area contributed by atoms with Crippen LogP contribution in [0.3, 0.4) is 0 Å². The molecule has 1 atom stereocenters. The first kappa shape index (κ1) is 17.8. The van der Waals surface area contributed by atoms with E-state index in [0.717, 1.165) is 5.56 Å². The van der Waals surface area contributed by atoms with Gasteiger partial charge in [0, 0.05) is 5.56 Å². The number of rotatable bonds is 6. The molecule has 0 spiro atoms. The maximum Gasteiger partial charge on any atom is 0.325 e. The van der Waals surface area contributed by atoms with Gasteiger partial charge in [-0.2, -0.15) is 0 Å². The molecule has 0 aliphatic rings. The summed E-state index contributed by atoms with van der Waals surface area (Å²) in [6.07, 6.45) is 0. The van der Waals surface area contributed by atoms with Crippen LogP contribution in [-0.2, 0) is 15.0 Å². The minimum absolute atomic E-state index is 0.186. The Morgan fingerprint density at radius 1 is 1.32 bits per heavy atom. The average molecular weight is 309 g/mol. The number of hydrogen-bond donors (Lipinski definition) is 2. The topological polar surface area (TPSA) is 84.9 Å². The Hall–Kier alpha value is -2.24. The first-order valence-electron chi connectivity index (χ1n) is 6.98. The van der Waals surface area contributed by atoms with Crippen molar-refractivity contribution in [3.8, 4) is 11.5 Å². The highest BCUT2D eigenvalue weighted by Gasteiger charge is 2.21. The van der Waals surface area contributed by atoms with E-state index < -0.39 is 17.9 Å². The minimum Gasteiger partial charge on any atom is -0.497 e. The van der Waals surface area contributed by atoms with Crippen LogP contribution in [0.15, 0.2) is 18.2 Å². The van der Waals surface area contributed by atoms with Crippen LogP contribution in [0.1, 0.15) is 33.3 Å². The highest BCUT2D eigenvalue weighted by Crippen LogP contribution is 2.34. The maximum absolute atomic E-state index is 11.7. The van der Waals surface area contributed by atoms with Gasteiger partial charge in [0.15, 0.2) is 6.61 Å². The van der Waals surface area contributed by atoms with Crippen LogP contribution in [0.5, 0.6) is 11.5 Å². The molecule has 0 radical (unpaired) electrons. The molecule has 1 rings (SSSR count). The van der Waals surface area contributed by atoms with Crippen molar-refractivity contribution in [2.24, 2.45) is 0 Å². The number of benzene rings is 1. The zero-order valence-corrected chi connectivity index (χ0v) is 13.6. The third-order valence-corrected chi connectivity index (χ3v) is 3.10. The van der Waals surface area contributed by atoms with Gasteiger partial charge in [-0.1, -0.05) is 20.8 Å². The van der Waals surface area contributed by atoms with Crippen LogP contribution in [0, 0.1) is 0 Å². The standard InChI is InChI=1S/C16H23NO5/c1-10(15(19)20)17-14(18)9-22-13-7-6-11(21-5)8-12(13)16(2,3)4/h6-8,10H,9H2,1-5H3,(H,17,18)(H,19,20)/t10-/m0/s1. The van der Waals surface area contributed by atoms with E-state index in [9.17, 15) is 9.59 Å². The van der Waals surface area contributed by atoms with E-state index in [0.29, 0.717) is 11.5 Å². The van der Waals surface area contributed by atoms with E-state index in [-0.39, 0.29) is 12.0 Å². The van der Waals surface area contributed by atoms with E-state index >= 15 is 0 Å². The van der Waals surface area contributed by atoms with Crippen LogP contribution in [0.4, 0.5) is 0 Å². The zero-order valence-electron chi connectivity index (χ0n) is 13.6. The van der Waals surface area contributed by atoms with Crippen LogP contribution >= 0.6 is 0 Å². The van der Waals surface area contributed by atoms with E-state index in [1.54, 1.807) is 19.2 Å². The lowest BCUT2D eigenvalue weighted by Gasteiger charge is -2.23. The van der Waals surface area contributed by atoms with Crippen molar-refractivity contribution in [2.75, 3.05) is 13.7 Å². The summed E-state index contributed by atoms with van der Waals surface area (Å²) in [4.78, 5) is 22.4. The first-order valence-corrected chi connectivity index (χ1v) is 6.98. The van der Waals surface area contributed by atoms with E-state index in [1.807, 2.05) is 26.8 Å². The molecule has 122 valence electrons. The molecule has 22 heavy (non-hydrogen) atoms. The van der Waals surface area contributed by atoms with Crippen molar-refractivity contribution in [2.45, 2.75) is 39.2 Å². The lowest BCUT2D eigenvalue weighted by atomic mass is 9.86. The fourth-order valence-corrected chi connectivity index (χ4v) is 1.84. The SMILES string of the molecule is COc1ccc(OCC(=O)N[C@@H](C)C(=O)O)c(C(C)(C)C)c1. The molecule has 6 nitrogen and oxygen atoms in total. The van der Waals surface area contributed by atoms with E-state index in [4.69, 9.17) is 14.6 Å². The van der Waals surface area contributed by atoms with E-state index in [2.05, 4.69) is 5.32 Å². The Kier molecular flexibility index (Phi) is 5.79. The van der Waals surface area contributed by atoms with Gasteiger partial charge in [0.25, 0.3) is 5.91 Å². The number of aliphatic carboxylic acids is 1. The Morgan fingerprint density at radius 3 is 2.45 bits per heavy atom. The average Bonchev–Trinajstić information content (AvgIpc) is 2.43. The summed E-state index contributed by atoms with van der Waals surface area (Å²) >= 11 is 0. The number of nitrogens with one attached hydrogen (secondary N) is 1. The van der Waals surface area contributed by atoms with Crippen LogP contribution in [-0.4, -0.2) is 36.7 Å². The van der Waals surface area contributed by atoms with Gasteiger partial charge in [-0.3, -0.25) is 9.59 Å². The predicted molar refractivity (Wildman–Crippen MR) is 82.4 cm³/mol. The second-order valence-corrected chi connectivity index (χ2v) is 6.03. The Morgan fingerprint density at radius 2 is 1.95 bits per heavy atom. The largest absolute Gasteiger partial charge is 0.497 e. The molecule has 0 saturated heterocycles. The molecule has 1 aromatic carbocycles. The molecule has 1 aromatic rings. The smallest absolute Gasteiger partial charge is 0.325 e. The number of carboxylic acids is 1. The van der Waals surface area contributed by atoms with Crippen molar-refractivity contribution in [3.63, 3.8) is 0 Å². The van der Waals surface area contributed by atoms with Crippen molar-refractivity contribution in [1.82, 2.24) is 5.32 Å². The highest BCUT2D eigenvalue weighted by molar-refractivity contribution is 5.84. The fourth-order valence-electron chi connectivity index (χ4n) is 1.84. The Balaban J connectivity index is 2.81. The molecule has 0 aromatic heterocycles. The summed E-state index contributed by atoms with van der Waals surface area (Å²) in [6.45, 7) is 7.24. The van der Waals surface area contributed by atoms with Crippen molar-refractivity contribution >= 4 is 11.9 Å². The summed E-state index contributed by atoms with van der Waals surface area (Å²) in [5.41, 5.74) is 0.722. The lowest BCUT2D eigenvalue weighted by Crippen LogP contribution is -2.40. The summed E-state index contributed by atoms with van der Waals surface area (Å²) in [7, 11) is 1.59. The highest BCUT2D eigenvalue weighted by atomic mass is 16.5. The second-order valence-electron chi connectivity index (χ2n) is 6.03. The van der Waals surface area contributed by atoms with Crippen LogP contribution < -0.4 is 14.8 Å². The van der Waals surface area contributed by atoms with Crippen molar-refractivity contribution in [3.05, 3.63) is 23.8 Å². The molecular formula is C16H23NO5. The number of carbonyl (C=O) groups is 2. The minimum atomic E-state index is -1.09. The molecule has 6 heteroatoms. The Bertz CT molecular complexity index is 548. The molecule has 0 unspecified atom stereocenters. The number of ether oxygens (including phenoxy) is 2. The molecular weight excluding hydrogens is 286 g/mol. The molecule has 0 aliphatic carbocycles. The van der Waals surface area contributed by atoms with Gasteiger partial charge in [0.05, 0.1) is 7.11 Å².